The van der Waals surface area contributed by atoms with E-state index in [1.165, 1.54) is 24.3 Å². The van der Waals surface area contributed by atoms with Gasteiger partial charge in [-0.05, 0) is 62.2 Å². The molecule has 138 valence electrons. The van der Waals surface area contributed by atoms with Gasteiger partial charge in [0, 0.05) is 10.7 Å². The highest BCUT2D eigenvalue weighted by Gasteiger charge is 2.16. The average Bonchev–Trinajstić information content (AvgIpc) is 2.54. The third kappa shape index (κ3) is 5.47. The molecular formula is C17H16ClN2O5S-. The van der Waals surface area contributed by atoms with E-state index in [1.807, 2.05) is 0 Å². The van der Waals surface area contributed by atoms with Crippen LogP contribution in [0.15, 0.2) is 57.8 Å². The maximum atomic E-state index is 12.2. The molecule has 7 nitrogen and oxygen atoms in total. The van der Waals surface area contributed by atoms with Crippen molar-refractivity contribution in [2.45, 2.75) is 24.8 Å². The topological polar surface area (TPSA) is 108 Å². The first-order chi connectivity index (χ1) is 12.2. The van der Waals surface area contributed by atoms with Gasteiger partial charge in [-0.25, -0.2) is 0 Å². The van der Waals surface area contributed by atoms with E-state index in [4.69, 9.17) is 16.3 Å². The molecule has 0 fully saturated rings. The Morgan fingerprint density at radius 2 is 1.88 bits per heavy atom. The summed E-state index contributed by atoms with van der Waals surface area (Å²) in [5.41, 5.74) is 0.373. The zero-order chi connectivity index (χ0) is 19.3. The van der Waals surface area contributed by atoms with Crippen molar-refractivity contribution in [2.75, 3.05) is 5.32 Å². The molecule has 0 bridgehead atoms. The minimum atomic E-state index is -4.04. The zero-order valence-electron chi connectivity index (χ0n) is 14.0. The summed E-state index contributed by atoms with van der Waals surface area (Å²) in [6.07, 6.45) is -0.801. The van der Waals surface area contributed by atoms with Gasteiger partial charge in [-0.2, -0.15) is 12.8 Å². The number of nitrogens with zero attached hydrogens (tertiary/aromatic N) is 1. The van der Waals surface area contributed by atoms with Crippen LogP contribution in [0.4, 0.5) is 5.69 Å². The Morgan fingerprint density at radius 3 is 2.46 bits per heavy atom. The predicted octanol–water partition coefficient (Wildman–Crippen LogP) is 2.21. The molecule has 0 aliphatic carbocycles. The van der Waals surface area contributed by atoms with Crippen LogP contribution in [-0.4, -0.2) is 26.3 Å². The molecule has 1 unspecified atom stereocenters. The highest BCUT2D eigenvalue weighted by molar-refractivity contribution is 7.90. The van der Waals surface area contributed by atoms with Crippen molar-refractivity contribution in [3.05, 3.63) is 53.6 Å². The highest BCUT2D eigenvalue weighted by atomic mass is 35.5. The van der Waals surface area contributed by atoms with Crippen LogP contribution in [0.1, 0.15) is 13.8 Å². The Hall–Kier alpha value is -2.58. The summed E-state index contributed by atoms with van der Waals surface area (Å²) in [5.74, 6) is -0.782. The summed E-state index contributed by atoms with van der Waals surface area (Å²) in [6.45, 7) is 2.62. The van der Waals surface area contributed by atoms with E-state index in [1.54, 1.807) is 31.2 Å². The molecule has 2 rings (SSSR count). The number of sulfonamides is 1. The monoisotopic (exact) mass is 395 g/mol. The lowest BCUT2D eigenvalue weighted by molar-refractivity contribution is -0.215. The molecule has 0 aliphatic rings. The van der Waals surface area contributed by atoms with Gasteiger partial charge in [0.05, 0.1) is 4.90 Å². The van der Waals surface area contributed by atoms with Crippen LogP contribution in [-0.2, 0) is 14.8 Å². The first-order valence-corrected chi connectivity index (χ1v) is 9.31. The van der Waals surface area contributed by atoms with Gasteiger partial charge < -0.3 is 15.2 Å². The Morgan fingerprint density at radius 1 is 1.23 bits per heavy atom. The van der Waals surface area contributed by atoms with Crippen molar-refractivity contribution in [1.29, 1.82) is 0 Å². The van der Waals surface area contributed by atoms with E-state index in [0.717, 1.165) is 6.92 Å². The minimum Gasteiger partial charge on any atom is -0.861 e. The quantitative estimate of drug-likeness (QED) is 0.596. The second-order valence-corrected chi connectivity index (χ2v) is 7.36. The van der Waals surface area contributed by atoms with E-state index in [0.29, 0.717) is 16.5 Å². The van der Waals surface area contributed by atoms with Gasteiger partial charge in [-0.3, -0.25) is 4.79 Å². The van der Waals surface area contributed by atoms with Crippen LogP contribution >= 0.6 is 11.6 Å². The molecule has 2 aromatic carbocycles. The van der Waals surface area contributed by atoms with E-state index in [-0.39, 0.29) is 4.90 Å². The third-order valence-electron chi connectivity index (χ3n) is 3.15. The van der Waals surface area contributed by atoms with Gasteiger partial charge in [0.2, 0.25) is 0 Å². The first kappa shape index (κ1) is 19.7. The molecule has 2 aromatic rings. The Balaban J connectivity index is 2.04. The summed E-state index contributed by atoms with van der Waals surface area (Å²) in [6, 6.07) is 11.9. The van der Waals surface area contributed by atoms with Crippen molar-refractivity contribution >= 4 is 39.1 Å². The van der Waals surface area contributed by atoms with Crippen molar-refractivity contribution in [2.24, 2.45) is 4.40 Å². The number of halogens is 1. The van der Waals surface area contributed by atoms with Crippen LogP contribution < -0.4 is 15.2 Å². The largest absolute Gasteiger partial charge is 0.861 e. The van der Waals surface area contributed by atoms with E-state index in [2.05, 4.69) is 9.71 Å². The summed E-state index contributed by atoms with van der Waals surface area (Å²) >= 11 is 5.86. The fourth-order valence-electron chi connectivity index (χ4n) is 1.97. The Labute approximate surface area is 156 Å². The van der Waals surface area contributed by atoms with Crippen molar-refractivity contribution < 1.29 is 23.1 Å². The summed E-state index contributed by atoms with van der Waals surface area (Å²) in [5, 5.41) is 14.0. The van der Waals surface area contributed by atoms with Gasteiger partial charge in [-0.15, -0.1) is 0 Å². The van der Waals surface area contributed by atoms with Gasteiger partial charge in [0.25, 0.3) is 15.9 Å². The predicted molar refractivity (Wildman–Crippen MR) is 96.9 cm³/mol. The van der Waals surface area contributed by atoms with E-state index in [9.17, 15) is 18.3 Å². The number of carbonyl (C=O) groups is 1. The van der Waals surface area contributed by atoms with Gasteiger partial charge in [0.1, 0.15) is 5.75 Å². The molecule has 0 spiro atoms. The third-order valence-corrected chi connectivity index (χ3v) is 4.75. The van der Waals surface area contributed by atoms with Gasteiger partial charge in [0.15, 0.2) is 6.10 Å². The van der Waals surface area contributed by atoms with Gasteiger partial charge in [-0.1, -0.05) is 17.7 Å². The lowest BCUT2D eigenvalue weighted by Gasteiger charge is -2.15. The van der Waals surface area contributed by atoms with Crippen LogP contribution in [0.25, 0.3) is 0 Å². The number of rotatable bonds is 6. The standard InChI is InChI=1S/C17H17ClN2O5S/c1-11(25-15-5-3-4-13(18)10-15)17(22)19-14-6-8-16(9-7-14)26(23,24)20-12(2)21/h3-11H,1-2H3,(H,19,22)(H,20,21)/p-1. The summed E-state index contributed by atoms with van der Waals surface area (Å²) < 4.78 is 32.2. The number of hydrogen-bond donors (Lipinski definition) is 1. The fraction of sp³-hybridized carbons (Fsp3) is 0.176. The molecule has 0 aromatic heterocycles. The number of anilines is 1. The molecule has 0 heterocycles. The molecule has 0 saturated carbocycles. The van der Waals surface area contributed by atoms with E-state index < -0.39 is 27.9 Å². The number of ether oxygens (including phenoxy) is 1. The average molecular weight is 396 g/mol. The maximum absolute atomic E-state index is 12.2. The lowest BCUT2D eigenvalue weighted by atomic mass is 10.3. The van der Waals surface area contributed by atoms with Crippen molar-refractivity contribution in [3.63, 3.8) is 0 Å². The second-order valence-electron chi connectivity index (χ2n) is 5.32. The molecule has 1 amide bonds. The molecule has 1 atom stereocenters. The smallest absolute Gasteiger partial charge is 0.281 e. The molecular weight excluding hydrogens is 380 g/mol. The van der Waals surface area contributed by atoms with Crippen LogP contribution in [0.2, 0.25) is 5.02 Å². The molecule has 0 aliphatic heterocycles. The highest BCUT2D eigenvalue weighted by Crippen LogP contribution is 2.20. The molecule has 1 N–H and O–H groups in total. The molecule has 0 saturated heterocycles. The molecule has 0 radical (unpaired) electrons. The van der Waals surface area contributed by atoms with Crippen molar-refractivity contribution in [3.8, 4) is 5.75 Å². The number of carbonyl (C=O) groups excluding carboxylic acids is 1. The van der Waals surface area contributed by atoms with E-state index >= 15 is 0 Å². The number of amides is 1. The first-order valence-electron chi connectivity index (χ1n) is 7.49. The van der Waals surface area contributed by atoms with Crippen LogP contribution in [0.5, 0.6) is 5.75 Å². The van der Waals surface area contributed by atoms with Gasteiger partial charge >= 0.3 is 0 Å². The number of hydrogen-bond acceptors (Lipinski definition) is 5. The van der Waals surface area contributed by atoms with Crippen molar-refractivity contribution in [1.82, 2.24) is 0 Å². The normalized spacial score (nSPS) is 13.1. The lowest BCUT2D eigenvalue weighted by Crippen LogP contribution is -2.30. The fourth-order valence-corrected chi connectivity index (χ4v) is 3.08. The minimum absolute atomic E-state index is 0.145. The number of benzene rings is 2. The molecule has 9 heteroatoms. The zero-order valence-corrected chi connectivity index (χ0v) is 15.5. The summed E-state index contributed by atoms with van der Waals surface area (Å²) in [7, 11) is -4.04. The number of nitrogens with one attached hydrogen (secondary N) is 1. The van der Waals surface area contributed by atoms with Crippen LogP contribution in [0.3, 0.4) is 0 Å². The second kappa shape index (κ2) is 8.20. The SMILES string of the molecule is CC([O-])=NS(=O)(=O)c1ccc(NC(=O)C(C)Oc2cccc(Cl)c2)cc1. The maximum Gasteiger partial charge on any atom is 0.281 e. The Bertz CT molecular complexity index is 922. The summed E-state index contributed by atoms with van der Waals surface area (Å²) in [4.78, 5) is 12.0. The van der Waals surface area contributed by atoms with Crippen LogP contribution in [0, 0.1) is 0 Å². The Kier molecular flexibility index (Phi) is 6.23. The molecule has 26 heavy (non-hydrogen) atoms.